The molecule has 0 fully saturated rings. The van der Waals surface area contributed by atoms with E-state index in [1.807, 2.05) is 37.3 Å². The maximum atomic E-state index is 12.5. The average Bonchev–Trinajstić information content (AvgIpc) is 3.22. The minimum atomic E-state index is -0.277. The number of thiazole rings is 1. The van der Waals surface area contributed by atoms with Crippen molar-refractivity contribution in [1.29, 1.82) is 0 Å². The second kappa shape index (κ2) is 7.27. The number of nitrogens with one attached hydrogen (secondary N) is 2. The molecule has 0 radical (unpaired) electrons. The summed E-state index contributed by atoms with van der Waals surface area (Å²) in [5.41, 5.74) is 2.73. The van der Waals surface area contributed by atoms with E-state index in [2.05, 4.69) is 20.7 Å². The van der Waals surface area contributed by atoms with Crippen molar-refractivity contribution in [3.63, 3.8) is 0 Å². The van der Waals surface area contributed by atoms with Crippen LogP contribution in [0.3, 0.4) is 0 Å². The highest BCUT2D eigenvalue weighted by Gasteiger charge is 2.17. The number of likely N-dealkylation sites (N-methyl/N-ethyl adjacent to an activating group) is 1. The summed E-state index contributed by atoms with van der Waals surface area (Å²) >= 11 is 1.28. The fraction of sp³-hybridized carbons (Fsp3) is 0.176. The number of aromatic nitrogens is 3. The summed E-state index contributed by atoms with van der Waals surface area (Å²) in [6.07, 6.45) is 1.73. The fourth-order valence-corrected chi connectivity index (χ4v) is 3.03. The van der Waals surface area contributed by atoms with E-state index in [1.54, 1.807) is 17.1 Å². The SMILES string of the molecule is CNC(=O)Cc1csc(NC(=O)c2cnn(-c3ccccc3)c2C)n1. The lowest BCUT2D eigenvalue weighted by atomic mass is 10.2. The Morgan fingerprint density at radius 2 is 2.00 bits per heavy atom. The number of benzene rings is 1. The number of rotatable bonds is 5. The second-order valence-electron chi connectivity index (χ2n) is 5.34. The molecule has 128 valence electrons. The number of hydrogen-bond acceptors (Lipinski definition) is 5. The predicted octanol–water partition coefficient (Wildman–Crippen LogP) is 2.18. The number of nitrogens with zero attached hydrogens (tertiary/aromatic N) is 3. The molecule has 0 saturated carbocycles. The van der Waals surface area contributed by atoms with Crippen molar-refractivity contribution in [3.05, 3.63) is 58.9 Å². The smallest absolute Gasteiger partial charge is 0.260 e. The summed E-state index contributed by atoms with van der Waals surface area (Å²) in [4.78, 5) is 28.1. The van der Waals surface area contributed by atoms with E-state index in [4.69, 9.17) is 0 Å². The summed E-state index contributed by atoms with van der Waals surface area (Å²) in [5, 5.41) is 11.8. The van der Waals surface area contributed by atoms with Gasteiger partial charge in [-0.15, -0.1) is 11.3 Å². The van der Waals surface area contributed by atoms with Crippen molar-refractivity contribution >= 4 is 28.3 Å². The number of carbonyl (C=O) groups is 2. The van der Waals surface area contributed by atoms with Crippen molar-refractivity contribution in [2.75, 3.05) is 12.4 Å². The van der Waals surface area contributed by atoms with E-state index in [9.17, 15) is 9.59 Å². The Morgan fingerprint density at radius 1 is 1.24 bits per heavy atom. The van der Waals surface area contributed by atoms with Crippen molar-refractivity contribution in [2.45, 2.75) is 13.3 Å². The van der Waals surface area contributed by atoms with E-state index in [-0.39, 0.29) is 18.2 Å². The molecule has 2 heterocycles. The number of amides is 2. The van der Waals surface area contributed by atoms with E-state index >= 15 is 0 Å². The Labute approximate surface area is 148 Å². The van der Waals surface area contributed by atoms with Gasteiger partial charge in [-0.1, -0.05) is 18.2 Å². The van der Waals surface area contributed by atoms with Crippen LogP contribution in [0.2, 0.25) is 0 Å². The topological polar surface area (TPSA) is 88.9 Å². The van der Waals surface area contributed by atoms with Crippen molar-refractivity contribution in [1.82, 2.24) is 20.1 Å². The molecule has 0 aliphatic rings. The zero-order valence-corrected chi connectivity index (χ0v) is 14.6. The molecule has 0 atom stereocenters. The Kier molecular flexibility index (Phi) is 4.90. The quantitative estimate of drug-likeness (QED) is 0.734. The van der Waals surface area contributed by atoms with Gasteiger partial charge in [-0.2, -0.15) is 5.10 Å². The van der Waals surface area contributed by atoms with E-state index in [0.717, 1.165) is 11.4 Å². The lowest BCUT2D eigenvalue weighted by molar-refractivity contribution is -0.120. The standard InChI is InChI=1S/C17H17N5O2S/c1-11-14(9-19-22(11)13-6-4-3-5-7-13)16(24)21-17-20-12(10-25-17)8-15(23)18-2/h3-7,9-10H,8H2,1-2H3,(H,18,23)(H,20,21,24). The number of para-hydroxylation sites is 1. The zero-order chi connectivity index (χ0) is 17.8. The summed E-state index contributed by atoms with van der Waals surface area (Å²) in [6, 6.07) is 9.61. The molecule has 3 aromatic rings. The molecule has 2 amide bonds. The van der Waals surface area contributed by atoms with Crippen LogP contribution in [0.1, 0.15) is 21.7 Å². The van der Waals surface area contributed by atoms with Gasteiger partial charge in [0.25, 0.3) is 5.91 Å². The van der Waals surface area contributed by atoms with Gasteiger partial charge in [0.05, 0.1) is 35.3 Å². The van der Waals surface area contributed by atoms with Gasteiger partial charge in [0.2, 0.25) is 5.91 Å². The third kappa shape index (κ3) is 3.74. The van der Waals surface area contributed by atoms with E-state index in [1.165, 1.54) is 17.5 Å². The minimum Gasteiger partial charge on any atom is -0.359 e. The van der Waals surface area contributed by atoms with Gasteiger partial charge >= 0.3 is 0 Å². The molecule has 0 bridgehead atoms. The molecular formula is C17H17N5O2S. The first-order valence-electron chi connectivity index (χ1n) is 7.65. The Balaban J connectivity index is 1.74. The van der Waals surface area contributed by atoms with Gasteiger partial charge in [0.1, 0.15) is 0 Å². The number of anilines is 1. The first-order valence-corrected chi connectivity index (χ1v) is 8.53. The van der Waals surface area contributed by atoms with Crippen molar-refractivity contribution in [3.8, 4) is 5.69 Å². The third-order valence-electron chi connectivity index (χ3n) is 3.65. The summed E-state index contributed by atoms with van der Waals surface area (Å²) in [5.74, 6) is -0.399. The normalized spacial score (nSPS) is 10.5. The van der Waals surface area contributed by atoms with Crippen LogP contribution in [0.5, 0.6) is 0 Å². The second-order valence-corrected chi connectivity index (χ2v) is 6.20. The Hall–Kier alpha value is -3.00. The lowest BCUT2D eigenvalue weighted by Gasteiger charge is -2.05. The highest BCUT2D eigenvalue weighted by atomic mass is 32.1. The molecule has 8 heteroatoms. The maximum absolute atomic E-state index is 12.5. The lowest BCUT2D eigenvalue weighted by Crippen LogP contribution is -2.20. The molecule has 2 N–H and O–H groups in total. The van der Waals surface area contributed by atoms with Crippen molar-refractivity contribution < 1.29 is 9.59 Å². The van der Waals surface area contributed by atoms with Crippen LogP contribution in [-0.4, -0.2) is 33.6 Å². The minimum absolute atomic E-state index is 0.122. The zero-order valence-electron chi connectivity index (χ0n) is 13.8. The van der Waals surface area contributed by atoms with Crippen LogP contribution in [0.15, 0.2) is 41.9 Å². The monoisotopic (exact) mass is 355 g/mol. The fourth-order valence-electron chi connectivity index (χ4n) is 2.32. The molecule has 3 rings (SSSR count). The Morgan fingerprint density at radius 3 is 2.72 bits per heavy atom. The van der Waals surface area contributed by atoms with Crippen LogP contribution in [0.4, 0.5) is 5.13 Å². The van der Waals surface area contributed by atoms with Crippen LogP contribution in [0, 0.1) is 6.92 Å². The molecule has 2 aromatic heterocycles. The van der Waals surface area contributed by atoms with Gasteiger partial charge in [0.15, 0.2) is 5.13 Å². The van der Waals surface area contributed by atoms with Gasteiger partial charge in [0, 0.05) is 12.4 Å². The molecule has 7 nitrogen and oxygen atoms in total. The average molecular weight is 355 g/mol. The molecule has 0 aliphatic heterocycles. The number of hydrogen-bond donors (Lipinski definition) is 2. The Bertz CT molecular complexity index is 901. The molecule has 0 spiro atoms. The van der Waals surface area contributed by atoms with E-state index in [0.29, 0.717) is 16.4 Å². The molecule has 25 heavy (non-hydrogen) atoms. The first-order chi connectivity index (χ1) is 12.1. The maximum Gasteiger partial charge on any atom is 0.260 e. The van der Waals surface area contributed by atoms with Gasteiger partial charge in [-0.25, -0.2) is 9.67 Å². The molecule has 0 saturated heterocycles. The predicted molar refractivity (Wildman–Crippen MR) is 96.1 cm³/mol. The highest BCUT2D eigenvalue weighted by Crippen LogP contribution is 2.19. The molecule has 0 unspecified atom stereocenters. The summed E-state index contributed by atoms with van der Waals surface area (Å²) < 4.78 is 1.72. The van der Waals surface area contributed by atoms with Crippen LogP contribution in [0.25, 0.3) is 5.69 Å². The highest BCUT2D eigenvalue weighted by molar-refractivity contribution is 7.14. The van der Waals surface area contributed by atoms with Crippen LogP contribution in [-0.2, 0) is 11.2 Å². The molecular weight excluding hydrogens is 338 g/mol. The third-order valence-corrected chi connectivity index (χ3v) is 4.45. The molecule has 0 aliphatic carbocycles. The molecule has 1 aromatic carbocycles. The first kappa shape index (κ1) is 16.8. The van der Waals surface area contributed by atoms with Gasteiger partial charge in [-0.3, -0.25) is 14.9 Å². The van der Waals surface area contributed by atoms with Crippen molar-refractivity contribution in [2.24, 2.45) is 0 Å². The summed E-state index contributed by atoms with van der Waals surface area (Å²) in [6.45, 7) is 1.84. The van der Waals surface area contributed by atoms with Gasteiger partial charge < -0.3 is 5.32 Å². The number of carbonyl (C=O) groups excluding carboxylic acids is 2. The van der Waals surface area contributed by atoms with Crippen LogP contribution < -0.4 is 10.6 Å². The summed E-state index contributed by atoms with van der Waals surface area (Å²) in [7, 11) is 1.57. The van der Waals surface area contributed by atoms with E-state index < -0.39 is 0 Å². The largest absolute Gasteiger partial charge is 0.359 e. The van der Waals surface area contributed by atoms with Gasteiger partial charge in [-0.05, 0) is 19.1 Å². The van der Waals surface area contributed by atoms with Crippen LogP contribution >= 0.6 is 11.3 Å².